The van der Waals surface area contributed by atoms with Crippen molar-refractivity contribution in [3.8, 4) is 0 Å². The highest BCUT2D eigenvalue weighted by Gasteiger charge is 2.39. The number of nitro groups is 1. The van der Waals surface area contributed by atoms with Gasteiger partial charge in [0.2, 0.25) is 0 Å². The summed E-state index contributed by atoms with van der Waals surface area (Å²) in [5.74, 6) is 1.54. The Morgan fingerprint density at radius 1 is 1.08 bits per heavy atom. The number of piperazine rings is 1. The van der Waals surface area contributed by atoms with Crippen molar-refractivity contribution >= 4 is 11.4 Å². The largest absolute Gasteiger partial charge is 0.369 e. The third-order valence-corrected chi connectivity index (χ3v) is 5.75. The molecule has 0 spiro atoms. The van der Waals surface area contributed by atoms with Gasteiger partial charge in [-0.15, -0.1) is 0 Å². The van der Waals surface area contributed by atoms with Crippen LogP contribution in [0.5, 0.6) is 0 Å². The summed E-state index contributed by atoms with van der Waals surface area (Å²) < 4.78 is 0. The van der Waals surface area contributed by atoms with Gasteiger partial charge in [-0.05, 0) is 42.4 Å². The molecule has 26 heavy (non-hydrogen) atoms. The van der Waals surface area contributed by atoms with E-state index in [9.17, 15) is 10.1 Å². The van der Waals surface area contributed by atoms with Gasteiger partial charge in [0.15, 0.2) is 0 Å². The van der Waals surface area contributed by atoms with Crippen LogP contribution >= 0.6 is 0 Å². The molecule has 5 nitrogen and oxygen atoms in total. The number of hydrogen-bond donors (Lipinski definition) is 0. The summed E-state index contributed by atoms with van der Waals surface area (Å²) in [5.41, 5.74) is 3.77. The first-order chi connectivity index (χ1) is 12.6. The topological polar surface area (TPSA) is 49.6 Å². The first-order valence-electron chi connectivity index (χ1n) is 9.39. The molecule has 0 amide bonds. The van der Waals surface area contributed by atoms with Gasteiger partial charge >= 0.3 is 0 Å². The molecule has 2 aliphatic rings. The first-order valence-corrected chi connectivity index (χ1v) is 9.39. The zero-order valence-electron chi connectivity index (χ0n) is 15.2. The second kappa shape index (κ2) is 7.08. The third-order valence-electron chi connectivity index (χ3n) is 5.75. The Morgan fingerprint density at radius 3 is 2.46 bits per heavy atom. The summed E-state index contributed by atoms with van der Waals surface area (Å²) in [4.78, 5) is 15.5. The Balaban J connectivity index is 1.30. The molecule has 0 aromatic heterocycles. The van der Waals surface area contributed by atoms with Crippen molar-refractivity contribution in [2.24, 2.45) is 5.92 Å². The maximum Gasteiger partial charge on any atom is 0.269 e. The predicted molar refractivity (Wildman–Crippen MR) is 104 cm³/mol. The van der Waals surface area contributed by atoms with Crippen LogP contribution in [-0.2, 0) is 0 Å². The number of nitrogens with zero attached hydrogens (tertiary/aromatic N) is 3. The lowest BCUT2D eigenvalue weighted by molar-refractivity contribution is -0.384. The summed E-state index contributed by atoms with van der Waals surface area (Å²) in [5, 5.41) is 10.9. The normalized spacial score (nSPS) is 23.0. The third kappa shape index (κ3) is 3.58. The van der Waals surface area contributed by atoms with Crippen LogP contribution in [0.3, 0.4) is 0 Å². The number of benzene rings is 2. The lowest BCUT2D eigenvalue weighted by Crippen LogP contribution is -2.47. The van der Waals surface area contributed by atoms with Crippen molar-refractivity contribution < 1.29 is 4.92 Å². The van der Waals surface area contributed by atoms with Gasteiger partial charge in [-0.1, -0.05) is 30.3 Å². The fourth-order valence-corrected chi connectivity index (χ4v) is 4.17. The summed E-state index contributed by atoms with van der Waals surface area (Å²) in [6, 6.07) is 16.0. The van der Waals surface area contributed by atoms with Crippen LogP contribution in [0.4, 0.5) is 11.4 Å². The summed E-state index contributed by atoms with van der Waals surface area (Å²) in [6.45, 7) is 7.25. The molecule has 2 fully saturated rings. The Hall–Kier alpha value is -2.40. The number of non-ortho nitro benzene ring substituents is 1. The average molecular weight is 351 g/mol. The molecular formula is C21H25N3O2. The molecule has 1 aliphatic heterocycles. The van der Waals surface area contributed by atoms with E-state index < -0.39 is 0 Å². The van der Waals surface area contributed by atoms with Crippen LogP contribution in [0.1, 0.15) is 23.5 Å². The van der Waals surface area contributed by atoms with E-state index in [2.05, 4.69) is 40.1 Å². The first kappa shape index (κ1) is 17.0. The molecule has 4 rings (SSSR count). The summed E-state index contributed by atoms with van der Waals surface area (Å²) >= 11 is 0. The molecule has 1 saturated heterocycles. The van der Waals surface area contributed by atoms with Crippen molar-refractivity contribution in [2.75, 3.05) is 37.6 Å². The van der Waals surface area contributed by atoms with Crippen molar-refractivity contribution in [1.29, 1.82) is 0 Å². The van der Waals surface area contributed by atoms with E-state index in [0.29, 0.717) is 0 Å². The molecule has 2 atom stereocenters. The fourth-order valence-electron chi connectivity index (χ4n) is 4.17. The predicted octanol–water partition coefficient (Wildman–Crippen LogP) is 3.83. The van der Waals surface area contributed by atoms with Crippen LogP contribution in [0.2, 0.25) is 0 Å². The van der Waals surface area contributed by atoms with Crippen molar-refractivity contribution in [1.82, 2.24) is 4.90 Å². The van der Waals surface area contributed by atoms with Crippen LogP contribution < -0.4 is 4.90 Å². The summed E-state index contributed by atoms with van der Waals surface area (Å²) in [7, 11) is 0. The van der Waals surface area contributed by atoms with E-state index in [1.54, 1.807) is 12.1 Å². The van der Waals surface area contributed by atoms with Crippen molar-refractivity contribution in [2.45, 2.75) is 19.3 Å². The van der Waals surface area contributed by atoms with Gasteiger partial charge in [-0.3, -0.25) is 15.0 Å². The lowest BCUT2D eigenvalue weighted by atomic mass is 10.1. The van der Waals surface area contributed by atoms with Crippen LogP contribution in [0.15, 0.2) is 48.5 Å². The Morgan fingerprint density at radius 2 is 1.81 bits per heavy atom. The van der Waals surface area contributed by atoms with Crippen molar-refractivity contribution in [3.05, 3.63) is 69.8 Å². The lowest BCUT2D eigenvalue weighted by Gasteiger charge is -2.37. The fraction of sp³-hybridized carbons (Fsp3) is 0.429. The van der Waals surface area contributed by atoms with Crippen LogP contribution in [-0.4, -0.2) is 42.5 Å². The SMILES string of the molecule is Cc1cc([N+](=O)[O-])ccc1N1CCN(CC2CC2c2ccccc2)CC1. The standard InChI is InChI=1S/C21H25N3O2/c1-16-13-19(24(25)26)7-8-21(16)23-11-9-22(10-12-23)15-18-14-20(18)17-5-3-2-4-6-17/h2-8,13,18,20H,9-12,14-15H2,1H3. The maximum atomic E-state index is 10.9. The van der Waals surface area contributed by atoms with Gasteiger partial charge in [0.25, 0.3) is 5.69 Å². The van der Waals surface area contributed by atoms with Crippen molar-refractivity contribution in [3.63, 3.8) is 0 Å². The van der Waals surface area contributed by atoms with Crippen LogP contribution in [0, 0.1) is 23.0 Å². The second-order valence-electron chi connectivity index (χ2n) is 7.53. The average Bonchev–Trinajstić information content (AvgIpc) is 3.42. The molecule has 2 unspecified atom stereocenters. The zero-order valence-corrected chi connectivity index (χ0v) is 15.2. The molecule has 1 saturated carbocycles. The van der Waals surface area contributed by atoms with Gasteiger partial charge < -0.3 is 4.90 Å². The minimum absolute atomic E-state index is 0.172. The van der Waals surface area contributed by atoms with Crippen LogP contribution in [0.25, 0.3) is 0 Å². The number of aryl methyl sites for hydroxylation is 1. The van der Waals surface area contributed by atoms with Gasteiger partial charge in [-0.2, -0.15) is 0 Å². The molecule has 136 valence electrons. The minimum Gasteiger partial charge on any atom is -0.369 e. The highest BCUT2D eigenvalue weighted by atomic mass is 16.6. The molecular weight excluding hydrogens is 326 g/mol. The van der Waals surface area contributed by atoms with E-state index in [1.807, 2.05) is 13.0 Å². The zero-order chi connectivity index (χ0) is 18.1. The molecule has 0 N–H and O–H groups in total. The minimum atomic E-state index is -0.326. The summed E-state index contributed by atoms with van der Waals surface area (Å²) in [6.07, 6.45) is 1.31. The van der Waals surface area contributed by atoms with E-state index in [1.165, 1.54) is 18.5 Å². The van der Waals surface area contributed by atoms with E-state index in [-0.39, 0.29) is 10.6 Å². The Labute approximate surface area is 154 Å². The molecule has 0 bridgehead atoms. The maximum absolute atomic E-state index is 10.9. The molecule has 1 aliphatic carbocycles. The van der Waals surface area contributed by atoms with Gasteiger partial charge in [0.05, 0.1) is 4.92 Å². The highest BCUT2D eigenvalue weighted by Crippen LogP contribution is 2.47. The smallest absolute Gasteiger partial charge is 0.269 e. The number of anilines is 1. The number of nitro benzene ring substituents is 1. The van der Waals surface area contributed by atoms with E-state index in [4.69, 9.17) is 0 Å². The monoisotopic (exact) mass is 351 g/mol. The van der Waals surface area contributed by atoms with Gasteiger partial charge in [-0.25, -0.2) is 0 Å². The second-order valence-corrected chi connectivity index (χ2v) is 7.53. The number of hydrogen-bond acceptors (Lipinski definition) is 4. The Bertz CT molecular complexity index is 785. The van der Waals surface area contributed by atoms with E-state index >= 15 is 0 Å². The molecule has 0 radical (unpaired) electrons. The molecule has 2 aromatic rings. The highest BCUT2D eigenvalue weighted by molar-refractivity contribution is 5.57. The molecule has 2 aromatic carbocycles. The molecule has 1 heterocycles. The van der Waals surface area contributed by atoms with Gasteiger partial charge in [0.1, 0.15) is 0 Å². The molecule has 5 heteroatoms. The quantitative estimate of drug-likeness (QED) is 0.607. The Kier molecular flexibility index (Phi) is 4.64. The number of rotatable bonds is 5. The van der Waals surface area contributed by atoms with Gasteiger partial charge in [0, 0.05) is 50.5 Å². The van der Waals surface area contributed by atoms with E-state index in [0.717, 1.165) is 49.3 Å².